The van der Waals surface area contributed by atoms with E-state index in [0.717, 1.165) is 7.11 Å². The lowest BCUT2D eigenvalue weighted by molar-refractivity contribution is -0.707. The zero-order valence-electron chi connectivity index (χ0n) is 4.47. The van der Waals surface area contributed by atoms with Gasteiger partial charge in [-0.3, -0.25) is 0 Å². The Hall–Kier alpha value is -1.37. The van der Waals surface area contributed by atoms with Gasteiger partial charge in [-0.15, -0.1) is 0 Å². The van der Waals surface area contributed by atoms with E-state index in [9.17, 15) is 14.9 Å². The van der Waals surface area contributed by atoms with Gasteiger partial charge in [0.25, 0.3) is 0 Å². The zero-order chi connectivity index (χ0) is 7.44. The van der Waals surface area contributed by atoms with Crippen LogP contribution in [0.4, 0.5) is 4.79 Å². The number of hydrogen-bond acceptors (Lipinski definition) is 4. The first-order valence-corrected chi connectivity index (χ1v) is 1.81. The molecule has 9 heavy (non-hydrogen) atoms. The largest absolute Gasteiger partial charge is 0.495 e. The van der Waals surface area contributed by atoms with Crippen molar-refractivity contribution in [3.05, 3.63) is 10.1 Å². The third kappa shape index (κ3) is 1.91. The summed E-state index contributed by atoms with van der Waals surface area (Å²) in [6.45, 7) is 0. The number of nitrogens with zero attached hydrogens (tertiary/aromatic N) is 2. The molecule has 0 spiro atoms. The Labute approximate surface area is 49.5 Å². The fraction of sp³-hybridized carbons (Fsp3) is 0.500. The smallest absolute Gasteiger partial charge is 0.459 e. The van der Waals surface area contributed by atoms with Gasteiger partial charge in [-0.2, -0.15) is 0 Å². The lowest BCUT2D eigenvalue weighted by Gasteiger charge is -2.01. The molecular formula is C2H4N2O5. The Morgan fingerprint density at radius 2 is 2.33 bits per heavy atom. The molecule has 7 nitrogen and oxygen atoms in total. The highest BCUT2D eigenvalue weighted by atomic mass is 16.8. The van der Waals surface area contributed by atoms with E-state index < -0.39 is 16.3 Å². The van der Waals surface area contributed by atoms with Crippen molar-refractivity contribution in [1.29, 1.82) is 0 Å². The van der Waals surface area contributed by atoms with Crippen molar-refractivity contribution in [3.8, 4) is 0 Å². The quantitative estimate of drug-likeness (QED) is 0.416. The number of carboxylic acid groups (broad SMARTS) is 1. The van der Waals surface area contributed by atoms with E-state index in [1.54, 1.807) is 0 Å². The van der Waals surface area contributed by atoms with Gasteiger partial charge >= 0.3 is 6.09 Å². The highest BCUT2D eigenvalue weighted by molar-refractivity contribution is 5.61. The minimum atomic E-state index is -1.76. The molecule has 0 saturated carbocycles. The molecule has 0 unspecified atom stereocenters. The average Bonchev–Trinajstić information content (AvgIpc) is 1.64. The van der Waals surface area contributed by atoms with Crippen LogP contribution in [-0.4, -0.2) is 28.5 Å². The second-order valence-corrected chi connectivity index (χ2v) is 0.976. The fourth-order valence-corrected chi connectivity index (χ4v) is 0.215. The predicted octanol–water partition coefficient (Wildman–Crippen LogP) is -0.281. The minimum absolute atomic E-state index is 0.403. The van der Waals surface area contributed by atoms with Crippen LogP contribution in [0.1, 0.15) is 0 Å². The van der Waals surface area contributed by atoms with Crippen LogP contribution in [0.3, 0.4) is 0 Å². The molecule has 0 heterocycles. The number of hydrazine groups is 1. The van der Waals surface area contributed by atoms with Gasteiger partial charge in [0.15, 0.2) is 5.03 Å². The maximum absolute atomic E-state index is 9.73. The van der Waals surface area contributed by atoms with Crippen LogP contribution in [0, 0.1) is 10.1 Å². The molecule has 0 bridgehead atoms. The van der Waals surface area contributed by atoms with Crippen LogP contribution in [0.25, 0.3) is 0 Å². The molecule has 0 aromatic heterocycles. The normalized spacial score (nSPS) is 8.56. The van der Waals surface area contributed by atoms with Crippen molar-refractivity contribution in [2.24, 2.45) is 0 Å². The maximum Gasteiger partial charge on any atom is 0.495 e. The summed E-state index contributed by atoms with van der Waals surface area (Å²) >= 11 is 0. The molecule has 1 N–H and O–H groups in total. The van der Waals surface area contributed by atoms with Gasteiger partial charge < -0.3 is 5.11 Å². The highest BCUT2D eigenvalue weighted by Crippen LogP contribution is 1.87. The van der Waals surface area contributed by atoms with Crippen molar-refractivity contribution in [1.82, 2.24) is 5.17 Å². The summed E-state index contributed by atoms with van der Waals surface area (Å²) in [5.74, 6) is 0. The summed E-state index contributed by atoms with van der Waals surface area (Å²) in [5.41, 5.74) is 0. The molecule has 52 valence electrons. The Morgan fingerprint density at radius 3 is 2.33 bits per heavy atom. The van der Waals surface area contributed by atoms with Gasteiger partial charge in [0.2, 0.25) is 0 Å². The predicted molar refractivity (Wildman–Crippen MR) is 23.9 cm³/mol. The van der Waals surface area contributed by atoms with Gasteiger partial charge in [0, 0.05) is 0 Å². The van der Waals surface area contributed by atoms with E-state index >= 15 is 0 Å². The molecule has 0 rings (SSSR count). The Morgan fingerprint density at radius 1 is 1.89 bits per heavy atom. The highest BCUT2D eigenvalue weighted by Gasteiger charge is 2.22. The first-order valence-electron chi connectivity index (χ1n) is 1.81. The minimum Gasteiger partial charge on any atom is -0.459 e. The monoisotopic (exact) mass is 136 g/mol. The summed E-state index contributed by atoms with van der Waals surface area (Å²) in [5, 5.41) is 15.9. The third-order valence-electron chi connectivity index (χ3n) is 0.485. The molecule has 0 aliphatic carbocycles. The molecule has 0 radical (unpaired) electrons. The molecule has 7 heteroatoms. The molecule has 0 aromatic carbocycles. The van der Waals surface area contributed by atoms with Crippen LogP contribution < -0.4 is 0 Å². The number of amides is 1. The van der Waals surface area contributed by atoms with Crippen LogP contribution >= 0.6 is 0 Å². The van der Waals surface area contributed by atoms with Gasteiger partial charge in [-0.1, -0.05) is 0 Å². The summed E-state index contributed by atoms with van der Waals surface area (Å²) < 4.78 is 0. The molecule has 0 aromatic rings. The van der Waals surface area contributed by atoms with Crippen LogP contribution in [0.2, 0.25) is 0 Å². The number of hydroxylamine groups is 1. The van der Waals surface area contributed by atoms with E-state index in [1.807, 2.05) is 0 Å². The van der Waals surface area contributed by atoms with Crippen LogP contribution in [-0.2, 0) is 4.84 Å². The van der Waals surface area contributed by atoms with E-state index in [2.05, 4.69) is 4.84 Å². The Bertz CT molecular complexity index is 119. The molecule has 0 atom stereocenters. The lowest BCUT2D eigenvalue weighted by Crippen LogP contribution is -2.33. The first kappa shape index (κ1) is 7.63. The van der Waals surface area contributed by atoms with Gasteiger partial charge in [0.1, 0.15) is 5.17 Å². The number of nitro groups is 1. The topological polar surface area (TPSA) is 92.9 Å². The molecule has 0 fully saturated rings. The Kier molecular flexibility index (Phi) is 2.39. The van der Waals surface area contributed by atoms with Crippen molar-refractivity contribution < 1.29 is 19.8 Å². The average molecular weight is 136 g/mol. The number of hydrogen-bond donors (Lipinski definition) is 1. The van der Waals surface area contributed by atoms with Crippen LogP contribution in [0.15, 0.2) is 0 Å². The van der Waals surface area contributed by atoms with Crippen molar-refractivity contribution in [3.63, 3.8) is 0 Å². The summed E-state index contributed by atoms with van der Waals surface area (Å²) in [7, 11) is 0.886. The van der Waals surface area contributed by atoms with Crippen molar-refractivity contribution in [2.75, 3.05) is 7.11 Å². The van der Waals surface area contributed by atoms with Gasteiger partial charge in [0.05, 0.1) is 7.11 Å². The van der Waals surface area contributed by atoms with E-state index in [-0.39, 0.29) is 0 Å². The van der Waals surface area contributed by atoms with Crippen molar-refractivity contribution >= 4 is 6.09 Å². The molecule has 0 saturated heterocycles. The van der Waals surface area contributed by atoms with Crippen molar-refractivity contribution in [2.45, 2.75) is 0 Å². The van der Waals surface area contributed by atoms with E-state index in [1.165, 1.54) is 0 Å². The van der Waals surface area contributed by atoms with E-state index in [0.29, 0.717) is 0 Å². The molecule has 1 amide bonds. The van der Waals surface area contributed by atoms with Gasteiger partial charge in [-0.25, -0.2) is 19.7 Å². The second kappa shape index (κ2) is 2.82. The summed E-state index contributed by atoms with van der Waals surface area (Å²) in [4.78, 5) is 23.1. The van der Waals surface area contributed by atoms with Gasteiger partial charge in [-0.05, 0) is 0 Å². The second-order valence-electron chi connectivity index (χ2n) is 0.976. The molecule has 0 aliphatic rings. The summed E-state index contributed by atoms with van der Waals surface area (Å²) in [6, 6.07) is 0. The van der Waals surface area contributed by atoms with Crippen LogP contribution in [0.5, 0.6) is 0 Å². The first-order chi connectivity index (χ1) is 4.09. The third-order valence-corrected chi connectivity index (χ3v) is 0.485. The standard InChI is InChI=1S/C2H4N2O5/c1-9-3(2(5)6)4(7)8/h1H3,(H,5,6). The van der Waals surface area contributed by atoms with E-state index in [4.69, 9.17) is 5.11 Å². The molecular weight excluding hydrogens is 132 g/mol. The fourth-order valence-electron chi connectivity index (χ4n) is 0.215. The number of rotatable bonds is 2. The SMILES string of the molecule is CON(C(=O)O)[N+](=O)[O-]. The molecule has 0 aliphatic heterocycles. The lowest BCUT2D eigenvalue weighted by atomic mass is 11.2. The summed E-state index contributed by atoms with van der Waals surface area (Å²) in [6.07, 6.45) is -1.76. The zero-order valence-corrected chi connectivity index (χ0v) is 4.47. The maximum atomic E-state index is 9.73. The number of carbonyl (C=O) groups is 1. The Balaban J connectivity index is 3.99.